The van der Waals surface area contributed by atoms with Crippen molar-refractivity contribution in [3.05, 3.63) is 42.0 Å². The molecule has 0 radical (unpaired) electrons. The maximum atomic E-state index is 12.0. The average Bonchev–Trinajstić information content (AvgIpc) is 2.25. The van der Waals surface area contributed by atoms with Gasteiger partial charge in [0.2, 0.25) is 0 Å². The maximum absolute atomic E-state index is 12.0. The predicted octanol–water partition coefficient (Wildman–Crippen LogP) is 3.44. The van der Waals surface area contributed by atoms with Crippen LogP contribution in [0.5, 0.6) is 5.75 Å². The summed E-state index contributed by atoms with van der Waals surface area (Å²) in [6, 6.07) is 7.89. The Morgan fingerprint density at radius 3 is 2.50 bits per heavy atom. The summed E-state index contributed by atoms with van der Waals surface area (Å²) >= 11 is 0. The van der Waals surface area contributed by atoms with Crippen molar-refractivity contribution in [3.63, 3.8) is 0 Å². The van der Waals surface area contributed by atoms with Crippen LogP contribution < -0.4 is 4.74 Å². The Bertz CT molecular complexity index is 605. The number of benzene rings is 2. The van der Waals surface area contributed by atoms with Gasteiger partial charge in [-0.2, -0.15) is 0 Å². The first-order valence-electron chi connectivity index (χ1n) is 4.88. The molecule has 2 aromatic carbocycles. The number of carboxylic acid groups (broad SMARTS) is 1. The van der Waals surface area contributed by atoms with Gasteiger partial charge in [-0.15, -0.1) is 13.2 Å². The Hall–Kier alpha value is -2.24. The summed E-state index contributed by atoms with van der Waals surface area (Å²) in [5.41, 5.74) is 0.0334. The third kappa shape index (κ3) is 2.53. The van der Waals surface area contributed by atoms with Crippen LogP contribution in [-0.2, 0) is 0 Å². The normalized spacial score (nSPS) is 11.5. The van der Waals surface area contributed by atoms with Gasteiger partial charge >= 0.3 is 12.3 Å². The molecule has 0 aromatic heterocycles. The summed E-state index contributed by atoms with van der Waals surface area (Å²) in [7, 11) is 0. The Morgan fingerprint density at radius 2 is 1.89 bits per heavy atom. The molecule has 2 rings (SSSR count). The third-order valence-electron chi connectivity index (χ3n) is 2.32. The Kier molecular flexibility index (Phi) is 2.86. The number of hydrogen-bond donors (Lipinski definition) is 1. The molecule has 0 unspecified atom stereocenters. The van der Waals surface area contributed by atoms with Crippen LogP contribution in [-0.4, -0.2) is 17.4 Å². The van der Waals surface area contributed by atoms with Gasteiger partial charge in [-0.25, -0.2) is 4.79 Å². The number of alkyl halides is 3. The number of carboxylic acids is 1. The van der Waals surface area contributed by atoms with Gasteiger partial charge in [-0.3, -0.25) is 0 Å². The zero-order valence-electron chi connectivity index (χ0n) is 8.86. The molecule has 0 heterocycles. The van der Waals surface area contributed by atoms with Crippen LogP contribution in [0.4, 0.5) is 13.2 Å². The fraction of sp³-hybridized carbons (Fsp3) is 0.0833. The van der Waals surface area contributed by atoms with Gasteiger partial charge in [0.25, 0.3) is 0 Å². The van der Waals surface area contributed by atoms with Crippen LogP contribution in [0.1, 0.15) is 10.4 Å². The van der Waals surface area contributed by atoms with Gasteiger partial charge in [-0.1, -0.05) is 12.1 Å². The quantitative estimate of drug-likeness (QED) is 0.895. The Balaban J connectivity index is 2.50. The van der Waals surface area contributed by atoms with E-state index in [9.17, 15) is 18.0 Å². The van der Waals surface area contributed by atoms with Gasteiger partial charge in [0.05, 0.1) is 5.56 Å². The van der Waals surface area contributed by atoms with Gasteiger partial charge < -0.3 is 9.84 Å². The van der Waals surface area contributed by atoms with E-state index in [1.54, 1.807) is 0 Å². The van der Waals surface area contributed by atoms with Gasteiger partial charge in [0.15, 0.2) is 0 Å². The predicted molar refractivity (Wildman–Crippen MR) is 57.6 cm³/mol. The molecule has 0 fully saturated rings. The molecular formula is C12H7F3O3. The second kappa shape index (κ2) is 4.21. The number of aromatic carboxylic acids is 1. The van der Waals surface area contributed by atoms with Crippen molar-refractivity contribution in [3.8, 4) is 5.75 Å². The summed E-state index contributed by atoms with van der Waals surface area (Å²) in [6.45, 7) is 0. The van der Waals surface area contributed by atoms with Crippen molar-refractivity contribution in [2.24, 2.45) is 0 Å². The van der Waals surface area contributed by atoms with E-state index in [0.717, 1.165) is 12.1 Å². The fourth-order valence-corrected chi connectivity index (χ4v) is 1.65. The molecule has 0 saturated heterocycles. The Morgan fingerprint density at radius 1 is 1.17 bits per heavy atom. The molecule has 0 aliphatic carbocycles. The van der Waals surface area contributed by atoms with E-state index < -0.39 is 12.3 Å². The van der Waals surface area contributed by atoms with Crippen molar-refractivity contribution in [1.82, 2.24) is 0 Å². The lowest BCUT2D eigenvalue weighted by Crippen LogP contribution is -2.17. The molecule has 94 valence electrons. The molecule has 1 N–H and O–H groups in total. The highest BCUT2D eigenvalue weighted by molar-refractivity contribution is 6.03. The molecule has 0 aliphatic heterocycles. The van der Waals surface area contributed by atoms with E-state index >= 15 is 0 Å². The van der Waals surface area contributed by atoms with Crippen molar-refractivity contribution < 1.29 is 27.8 Å². The summed E-state index contributed by atoms with van der Waals surface area (Å²) in [6.07, 6.45) is -4.77. The molecule has 2 aromatic rings. The van der Waals surface area contributed by atoms with Gasteiger partial charge in [0, 0.05) is 0 Å². The molecule has 18 heavy (non-hydrogen) atoms. The minimum atomic E-state index is -4.77. The van der Waals surface area contributed by atoms with Crippen LogP contribution >= 0.6 is 0 Å². The summed E-state index contributed by atoms with van der Waals surface area (Å²) < 4.78 is 39.9. The van der Waals surface area contributed by atoms with E-state index in [1.807, 2.05) is 0 Å². The number of halogens is 3. The standard InChI is InChI=1S/C12H7F3O3/c13-12(14,15)18-8-4-5-9-7(6-8)2-1-3-10(9)11(16)17/h1-6H,(H,16,17). The number of fused-ring (bicyclic) bond motifs is 1. The average molecular weight is 256 g/mol. The van der Waals surface area contributed by atoms with Gasteiger partial charge in [0.1, 0.15) is 5.75 Å². The van der Waals surface area contributed by atoms with E-state index in [-0.39, 0.29) is 11.3 Å². The lowest BCUT2D eigenvalue weighted by atomic mass is 10.0. The molecule has 0 aliphatic rings. The van der Waals surface area contributed by atoms with Crippen LogP contribution in [0.25, 0.3) is 10.8 Å². The topological polar surface area (TPSA) is 46.5 Å². The molecule has 0 saturated carbocycles. The summed E-state index contributed by atoms with van der Waals surface area (Å²) in [5.74, 6) is -1.51. The second-order valence-corrected chi connectivity index (χ2v) is 3.54. The monoisotopic (exact) mass is 256 g/mol. The molecule has 6 heteroatoms. The molecular weight excluding hydrogens is 249 g/mol. The van der Waals surface area contributed by atoms with E-state index in [4.69, 9.17) is 5.11 Å². The minimum absolute atomic E-state index is 0.0334. The van der Waals surface area contributed by atoms with E-state index in [2.05, 4.69) is 4.74 Å². The van der Waals surface area contributed by atoms with Crippen molar-refractivity contribution in [1.29, 1.82) is 0 Å². The minimum Gasteiger partial charge on any atom is -0.478 e. The van der Waals surface area contributed by atoms with Crippen LogP contribution in [0, 0.1) is 0 Å². The van der Waals surface area contributed by atoms with E-state index in [0.29, 0.717) is 10.8 Å². The fourth-order valence-electron chi connectivity index (χ4n) is 1.65. The lowest BCUT2D eigenvalue weighted by Gasteiger charge is -2.10. The highest BCUT2D eigenvalue weighted by Crippen LogP contribution is 2.28. The molecule has 3 nitrogen and oxygen atoms in total. The largest absolute Gasteiger partial charge is 0.573 e. The molecule has 0 amide bonds. The first-order valence-corrected chi connectivity index (χ1v) is 4.88. The summed E-state index contributed by atoms with van der Waals surface area (Å²) in [4.78, 5) is 10.9. The Labute approximate surface area is 99.4 Å². The maximum Gasteiger partial charge on any atom is 0.573 e. The molecule has 0 spiro atoms. The highest BCUT2D eigenvalue weighted by atomic mass is 19.4. The number of rotatable bonds is 2. The zero-order chi connectivity index (χ0) is 13.3. The third-order valence-corrected chi connectivity index (χ3v) is 2.32. The second-order valence-electron chi connectivity index (χ2n) is 3.54. The van der Waals surface area contributed by atoms with Crippen LogP contribution in [0.15, 0.2) is 36.4 Å². The number of carbonyl (C=O) groups is 1. The SMILES string of the molecule is O=C(O)c1cccc2cc(OC(F)(F)F)ccc12. The summed E-state index contributed by atoms with van der Waals surface area (Å²) in [5, 5.41) is 9.66. The first-order chi connectivity index (χ1) is 8.37. The highest BCUT2D eigenvalue weighted by Gasteiger charge is 2.31. The molecule has 0 bridgehead atoms. The number of ether oxygens (including phenoxy) is 1. The zero-order valence-corrected chi connectivity index (χ0v) is 8.86. The van der Waals surface area contributed by atoms with Gasteiger partial charge in [-0.05, 0) is 35.0 Å². The smallest absolute Gasteiger partial charge is 0.478 e. The van der Waals surface area contributed by atoms with Crippen molar-refractivity contribution >= 4 is 16.7 Å². The lowest BCUT2D eigenvalue weighted by molar-refractivity contribution is -0.274. The van der Waals surface area contributed by atoms with Crippen molar-refractivity contribution in [2.45, 2.75) is 6.36 Å². The number of hydrogen-bond acceptors (Lipinski definition) is 2. The van der Waals surface area contributed by atoms with E-state index in [1.165, 1.54) is 24.3 Å². The van der Waals surface area contributed by atoms with Crippen LogP contribution in [0.3, 0.4) is 0 Å². The first kappa shape index (κ1) is 12.2. The molecule has 0 atom stereocenters. The van der Waals surface area contributed by atoms with Crippen LogP contribution in [0.2, 0.25) is 0 Å². The van der Waals surface area contributed by atoms with Crippen molar-refractivity contribution in [2.75, 3.05) is 0 Å².